The van der Waals surface area contributed by atoms with Gasteiger partial charge in [0.05, 0.1) is 5.92 Å². The predicted molar refractivity (Wildman–Crippen MR) is 76.8 cm³/mol. The van der Waals surface area contributed by atoms with Gasteiger partial charge in [-0.1, -0.05) is 27.2 Å². The molecule has 0 saturated carbocycles. The summed E-state index contributed by atoms with van der Waals surface area (Å²) in [6.07, 6.45) is -1.32. The molecule has 5 heteroatoms. The Hall–Kier alpha value is -0.290. The van der Waals surface area contributed by atoms with Gasteiger partial charge >= 0.3 is 6.18 Å². The lowest BCUT2D eigenvalue weighted by Gasteiger charge is -2.36. The van der Waals surface area contributed by atoms with Gasteiger partial charge in [-0.15, -0.1) is 0 Å². The summed E-state index contributed by atoms with van der Waals surface area (Å²) in [6, 6.07) is 0.391. The zero-order valence-electron chi connectivity index (χ0n) is 13.0. The van der Waals surface area contributed by atoms with Crippen LogP contribution in [0.4, 0.5) is 13.2 Å². The van der Waals surface area contributed by atoms with E-state index in [0.29, 0.717) is 25.0 Å². The van der Waals surface area contributed by atoms with E-state index in [1.54, 1.807) is 0 Å². The van der Waals surface area contributed by atoms with Crippen molar-refractivity contribution in [3.05, 3.63) is 0 Å². The number of hydrogen-bond acceptors (Lipinski definition) is 2. The van der Waals surface area contributed by atoms with Crippen LogP contribution in [0.1, 0.15) is 46.5 Å². The lowest BCUT2D eigenvalue weighted by molar-refractivity contribution is -0.185. The molecule has 0 radical (unpaired) electrons. The van der Waals surface area contributed by atoms with Gasteiger partial charge in [-0.3, -0.25) is 0 Å². The Kier molecular flexibility index (Phi) is 7.30. The average Bonchev–Trinajstić information content (AvgIpc) is 2.42. The number of nitrogens with zero attached hydrogens (tertiary/aromatic N) is 1. The highest BCUT2D eigenvalue weighted by Crippen LogP contribution is 2.34. The van der Waals surface area contributed by atoms with Crippen LogP contribution >= 0.6 is 0 Å². The summed E-state index contributed by atoms with van der Waals surface area (Å²) in [6.45, 7) is 9.52. The Bertz CT molecular complexity index is 260. The third-order valence-electron chi connectivity index (χ3n) is 4.49. The molecule has 0 aromatic heterocycles. The normalized spacial score (nSPS) is 21.9. The Labute approximate surface area is 121 Å². The largest absolute Gasteiger partial charge is 0.391 e. The van der Waals surface area contributed by atoms with E-state index in [4.69, 9.17) is 0 Å². The molecule has 0 bridgehead atoms. The number of rotatable bonds is 7. The second-order valence-electron chi connectivity index (χ2n) is 6.06. The van der Waals surface area contributed by atoms with Crippen LogP contribution in [-0.4, -0.2) is 43.3 Å². The van der Waals surface area contributed by atoms with Crippen LogP contribution in [0.2, 0.25) is 0 Å². The summed E-state index contributed by atoms with van der Waals surface area (Å²) in [5, 5.41) is 3.54. The molecule has 1 heterocycles. The molecule has 0 aromatic carbocycles. The molecule has 120 valence electrons. The minimum absolute atomic E-state index is 0.254. The SMILES string of the molecule is CCCNC(CN1CCC(C(F)(F)F)CC1)C(C)CC. The summed E-state index contributed by atoms with van der Waals surface area (Å²) in [5.74, 6) is -0.536. The first-order chi connectivity index (χ1) is 9.38. The summed E-state index contributed by atoms with van der Waals surface area (Å²) in [4.78, 5) is 2.20. The maximum atomic E-state index is 12.6. The van der Waals surface area contributed by atoms with Crippen molar-refractivity contribution in [1.29, 1.82) is 0 Å². The van der Waals surface area contributed by atoms with Crippen LogP contribution in [0.3, 0.4) is 0 Å². The van der Waals surface area contributed by atoms with Crippen LogP contribution in [0, 0.1) is 11.8 Å². The molecule has 1 fully saturated rings. The van der Waals surface area contributed by atoms with E-state index in [2.05, 4.69) is 31.0 Å². The van der Waals surface area contributed by atoms with Crippen molar-refractivity contribution in [3.8, 4) is 0 Å². The quantitative estimate of drug-likeness (QED) is 0.770. The topological polar surface area (TPSA) is 15.3 Å². The molecule has 1 saturated heterocycles. The standard InChI is InChI=1S/C15H29F3N2/c1-4-8-19-14(12(3)5-2)11-20-9-6-13(7-10-20)15(16,17)18/h12-14,19H,4-11H2,1-3H3. The molecule has 0 spiro atoms. The minimum atomic E-state index is -4.01. The molecule has 0 amide bonds. The molecule has 1 N–H and O–H groups in total. The van der Waals surface area contributed by atoms with Crippen molar-refractivity contribution in [3.63, 3.8) is 0 Å². The Balaban J connectivity index is 2.42. The van der Waals surface area contributed by atoms with Gasteiger partial charge in [0.2, 0.25) is 0 Å². The van der Waals surface area contributed by atoms with Gasteiger partial charge in [-0.05, 0) is 44.8 Å². The maximum absolute atomic E-state index is 12.6. The zero-order chi connectivity index (χ0) is 15.2. The Morgan fingerprint density at radius 2 is 1.80 bits per heavy atom. The highest BCUT2D eigenvalue weighted by molar-refractivity contribution is 4.82. The van der Waals surface area contributed by atoms with Gasteiger partial charge in [-0.2, -0.15) is 13.2 Å². The van der Waals surface area contributed by atoms with E-state index < -0.39 is 12.1 Å². The van der Waals surface area contributed by atoms with Crippen molar-refractivity contribution in [2.45, 2.75) is 58.7 Å². The molecule has 20 heavy (non-hydrogen) atoms. The number of nitrogens with one attached hydrogen (secondary N) is 1. The highest BCUT2D eigenvalue weighted by atomic mass is 19.4. The fraction of sp³-hybridized carbons (Fsp3) is 1.00. The van der Waals surface area contributed by atoms with E-state index in [-0.39, 0.29) is 12.8 Å². The van der Waals surface area contributed by atoms with Crippen molar-refractivity contribution < 1.29 is 13.2 Å². The summed E-state index contributed by atoms with van der Waals surface area (Å²) in [7, 11) is 0. The van der Waals surface area contributed by atoms with Gasteiger partial charge in [0.1, 0.15) is 0 Å². The van der Waals surface area contributed by atoms with Gasteiger partial charge in [-0.25, -0.2) is 0 Å². The molecular formula is C15H29F3N2. The lowest BCUT2D eigenvalue weighted by Crippen LogP contribution is -2.48. The highest BCUT2D eigenvalue weighted by Gasteiger charge is 2.41. The fourth-order valence-corrected chi connectivity index (χ4v) is 2.78. The van der Waals surface area contributed by atoms with E-state index >= 15 is 0 Å². The van der Waals surface area contributed by atoms with E-state index in [1.165, 1.54) is 0 Å². The van der Waals surface area contributed by atoms with Crippen molar-refractivity contribution >= 4 is 0 Å². The third-order valence-corrected chi connectivity index (χ3v) is 4.49. The van der Waals surface area contributed by atoms with E-state index in [1.807, 2.05) is 0 Å². The first kappa shape index (κ1) is 17.8. The molecule has 0 aliphatic carbocycles. The zero-order valence-corrected chi connectivity index (χ0v) is 13.0. The van der Waals surface area contributed by atoms with Crippen LogP contribution in [-0.2, 0) is 0 Å². The second-order valence-corrected chi connectivity index (χ2v) is 6.06. The van der Waals surface area contributed by atoms with E-state index in [0.717, 1.165) is 25.9 Å². The molecule has 1 aliphatic heterocycles. The number of hydrogen-bond donors (Lipinski definition) is 1. The fourth-order valence-electron chi connectivity index (χ4n) is 2.78. The van der Waals surface area contributed by atoms with Crippen molar-refractivity contribution in [2.75, 3.05) is 26.2 Å². The number of likely N-dealkylation sites (tertiary alicyclic amines) is 1. The van der Waals surface area contributed by atoms with Gasteiger partial charge < -0.3 is 10.2 Å². The van der Waals surface area contributed by atoms with Crippen molar-refractivity contribution in [1.82, 2.24) is 10.2 Å². The molecule has 1 aliphatic rings. The van der Waals surface area contributed by atoms with Crippen LogP contribution in [0.5, 0.6) is 0 Å². The van der Waals surface area contributed by atoms with Gasteiger partial charge in [0.25, 0.3) is 0 Å². The first-order valence-corrected chi connectivity index (χ1v) is 7.90. The molecule has 2 unspecified atom stereocenters. The smallest absolute Gasteiger partial charge is 0.312 e. The molecule has 2 atom stereocenters. The minimum Gasteiger partial charge on any atom is -0.312 e. The first-order valence-electron chi connectivity index (χ1n) is 7.90. The lowest BCUT2D eigenvalue weighted by atomic mass is 9.94. The van der Waals surface area contributed by atoms with Crippen LogP contribution in [0.25, 0.3) is 0 Å². The third kappa shape index (κ3) is 5.60. The monoisotopic (exact) mass is 294 g/mol. The van der Waals surface area contributed by atoms with Crippen LogP contribution < -0.4 is 5.32 Å². The Morgan fingerprint density at radius 3 is 2.25 bits per heavy atom. The average molecular weight is 294 g/mol. The number of halogens is 3. The summed E-state index contributed by atoms with van der Waals surface area (Å²) in [5.41, 5.74) is 0. The van der Waals surface area contributed by atoms with E-state index in [9.17, 15) is 13.2 Å². The van der Waals surface area contributed by atoms with Gasteiger partial charge in [0, 0.05) is 12.6 Å². The number of alkyl halides is 3. The molecular weight excluding hydrogens is 265 g/mol. The van der Waals surface area contributed by atoms with Gasteiger partial charge in [0.15, 0.2) is 0 Å². The molecule has 0 aromatic rings. The van der Waals surface area contributed by atoms with Crippen molar-refractivity contribution in [2.24, 2.45) is 11.8 Å². The number of piperidine rings is 1. The second kappa shape index (κ2) is 8.23. The molecule has 2 nitrogen and oxygen atoms in total. The molecule has 1 rings (SSSR count). The summed E-state index contributed by atoms with van der Waals surface area (Å²) >= 11 is 0. The van der Waals surface area contributed by atoms with Crippen LogP contribution in [0.15, 0.2) is 0 Å². The summed E-state index contributed by atoms with van der Waals surface area (Å²) < 4.78 is 37.9. The predicted octanol–water partition coefficient (Wildman–Crippen LogP) is 3.68. The maximum Gasteiger partial charge on any atom is 0.391 e. The Morgan fingerprint density at radius 1 is 1.20 bits per heavy atom.